The summed E-state index contributed by atoms with van der Waals surface area (Å²) in [7, 11) is 0. The van der Waals surface area contributed by atoms with E-state index in [2.05, 4.69) is 10.1 Å². The van der Waals surface area contributed by atoms with E-state index >= 15 is 0 Å². The number of benzene rings is 1. The van der Waals surface area contributed by atoms with Crippen LogP contribution in [0.25, 0.3) is 5.69 Å². The van der Waals surface area contributed by atoms with Crippen molar-refractivity contribution in [3.63, 3.8) is 0 Å². The first kappa shape index (κ1) is 10.7. The predicted octanol–water partition coefficient (Wildman–Crippen LogP) is 2.26. The number of halogens is 1. The van der Waals surface area contributed by atoms with E-state index in [9.17, 15) is 0 Å². The zero-order valence-corrected chi connectivity index (χ0v) is 10.1. The minimum absolute atomic E-state index is 0.391. The van der Waals surface area contributed by atoms with Crippen molar-refractivity contribution in [2.75, 3.05) is 0 Å². The second-order valence-electron chi connectivity index (χ2n) is 4.25. The van der Waals surface area contributed by atoms with Crippen molar-refractivity contribution in [1.29, 1.82) is 0 Å². The summed E-state index contributed by atoms with van der Waals surface area (Å²) >= 11 is 5.87. The van der Waals surface area contributed by atoms with E-state index in [0.717, 1.165) is 17.3 Å². The van der Waals surface area contributed by atoms with E-state index < -0.39 is 0 Å². The SMILES string of the molecule is NCc1nc(C2CC2)nn1-c1ccc(Cl)cc1. The molecule has 17 heavy (non-hydrogen) atoms. The summed E-state index contributed by atoms with van der Waals surface area (Å²) in [5.41, 5.74) is 6.66. The van der Waals surface area contributed by atoms with Crippen LogP contribution in [0.5, 0.6) is 0 Å². The summed E-state index contributed by atoms with van der Waals surface area (Å²) in [5.74, 6) is 2.25. The van der Waals surface area contributed by atoms with E-state index in [0.29, 0.717) is 17.5 Å². The highest BCUT2D eigenvalue weighted by Gasteiger charge is 2.28. The molecule has 0 radical (unpaired) electrons. The highest BCUT2D eigenvalue weighted by Crippen LogP contribution is 2.38. The van der Waals surface area contributed by atoms with E-state index in [1.807, 2.05) is 28.9 Å². The molecular weight excluding hydrogens is 236 g/mol. The lowest BCUT2D eigenvalue weighted by molar-refractivity contribution is 0.780. The standard InChI is InChI=1S/C12H13ClN4/c13-9-3-5-10(6-4-9)17-11(7-14)15-12(16-17)8-1-2-8/h3-6,8H,1-2,7,14H2. The van der Waals surface area contributed by atoms with Gasteiger partial charge in [-0.3, -0.25) is 0 Å². The van der Waals surface area contributed by atoms with E-state index in [4.69, 9.17) is 17.3 Å². The van der Waals surface area contributed by atoms with Gasteiger partial charge in [-0.2, -0.15) is 5.10 Å². The van der Waals surface area contributed by atoms with Crippen molar-refractivity contribution in [2.24, 2.45) is 5.73 Å². The predicted molar refractivity (Wildman–Crippen MR) is 66.2 cm³/mol. The highest BCUT2D eigenvalue weighted by molar-refractivity contribution is 6.30. The second kappa shape index (κ2) is 4.13. The highest BCUT2D eigenvalue weighted by atomic mass is 35.5. The van der Waals surface area contributed by atoms with Crippen LogP contribution >= 0.6 is 11.6 Å². The number of rotatable bonds is 3. The summed E-state index contributed by atoms with van der Waals surface area (Å²) in [6.07, 6.45) is 2.38. The summed E-state index contributed by atoms with van der Waals surface area (Å²) in [5, 5.41) is 5.24. The van der Waals surface area contributed by atoms with Gasteiger partial charge in [-0.25, -0.2) is 9.67 Å². The molecule has 4 nitrogen and oxygen atoms in total. The second-order valence-corrected chi connectivity index (χ2v) is 4.69. The molecule has 0 amide bonds. The molecule has 88 valence electrons. The van der Waals surface area contributed by atoms with E-state index in [1.54, 1.807) is 0 Å². The van der Waals surface area contributed by atoms with Crippen molar-refractivity contribution in [1.82, 2.24) is 14.8 Å². The number of nitrogens with zero attached hydrogens (tertiary/aromatic N) is 3. The van der Waals surface area contributed by atoms with Crippen molar-refractivity contribution in [3.8, 4) is 5.69 Å². The van der Waals surface area contributed by atoms with Crippen molar-refractivity contribution >= 4 is 11.6 Å². The Bertz CT molecular complexity index is 528. The summed E-state index contributed by atoms with van der Waals surface area (Å²) < 4.78 is 1.81. The third-order valence-electron chi connectivity index (χ3n) is 2.89. The Morgan fingerprint density at radius 1 is 1.29 bits per heavy atom. The molecule has 1 fully saturated rings. The lowest BCUT2D eigenvalue weighted by Crippen LogP contribution is -2.07. The Morgan fingerprint density at radius 3 is 2.59 bits per heavy atom. The molecule has 0 atom stereocenters. The molecule has 0 bridgehead atoms. The lowest BCUT2D eigenvalue weighted by atomic mass is 10.3. The first-order valence-corrected chi connectivity index (χ1v) is 6.07. The Balaban J connectivity index is 2.02. The molecule has 2 aromatic rings. The molecule has 5 heteroatoms. The van der Waals surface area contributed by atoms with Gasteiger partial charge in [-0.15, -0.1) is 0 Å². The normalized spacial score (nSPS) is 15.2. The maximum Gasteiger partial charge on any atom is 0.154 e. The summed E-state index contributed by atoms with van der Waals surface area (Å²) in [6.45, 7) is 0.391. The number of hydrogen-bond donors (Lipinski definition) is 1. The van der Waals surface area contributed by atoms with Crippen LogP contribution in [0.2, 0.25) is 5.02 Å². The van der Waals surface area contributed by atoms with Crippen molar-refractivity contribution < 1.29 is 0 Å². The first-order chi connectivity index (χ1) is 8.28. The van der Waals surface area contributed by atoms with Crippen LogP contribution < -0.4 is 5.73 Å². The Labute approximate surface area is 104 Å². The minimum atomic E-state index is 0.391. The lowest BCUT2D eigenvalue weighted by Gasteiger charge is -2.03. The number of hydrogen-bond acceptors (Lipinski definition) is 3. The molecule has 0 spiro atoms. The molecule has 0 saturated heterocycles. The van der Waals surface area contributed by atoms with Gasteiger partial charge in [-0.1, -0.05) is 11.6 Å². The van der Waals surface area contributed by atoms with E-state index in [-0.39, 0.29) is 0 Å². The average molecular weight is 249 g/mol. The largest absolute Gasteiger partial charge is 0.324 e. The molecular formula is C12H13ClN4. The Morgan fingerprint density at radius 2 is 2.00 bits per heavy atom. The third kappa shape index (κ3) is 2.06. The monoisotopic (exact) mass is 248 g/mol. The van der Waals surface area contributed by atoms with Gasteiger partial charge in [0.05, 0.1) is 12.2 Å². The zero-order chi connectivity index (χ0) is 11.8. The smallest absolute Gasteiger partial charge is 0.154 e. The minimum Gasteiger partial charge on any atom is -0.324 e. The summed E-state index contributed by atoms with van der Waals surface area (Å²) in [4.78, 5) is 4.48. The molecule has 3 rings (SSSR count). The Hall–Kier alpha value is -1.39. The van der Waals surface area contributed by atoms with Crippen LogP contribution in [-0.4, -0.2) is 14.8 Å². The number of nitrogens with two attached hydrogens (primary N) is 1. The van der Waals surface area contributed by atoms with Crippen LogP contribution in [-0.2, 0) is 6.54 Å². The fraction of sp³-hybridized carbons (Fsp3) is 0.333. The van der Waals surface area contributed by atoms with Gasteiger partial charge in [0.15, 0.2) is 5.82 Å². The van der Waals surface area contributed by atoms with Gasteiger partial charge in [0.25, 0.3) is 0 Å². The van der Waals surface area contributed by atoms with E-state index in [1.165, 1.54) is 12.8 Å². The van der Waals surface area contributed by atoms with Gasteiger partial charge in [-0.05, 0) is 37.1 Å². The van der Waals surface area contributed by atoms with Crippen molar-refractivity contribution in [3.05, 3.63) is 40.9 Å². The molecule has 1 aromatic heterocycles. The molecule has 0 aliphatic heterocycles. The molecule has 1 aromatic carbocycles. The van der Waals surface area contributed by atoms with Crippen LogP contribution in [0.1, 0.15) is 30.4 Å². The summed E-state index contributed by atoms with van der Waals surface area (Å²) in [6, 6.07) is 7.53. The first-order valence-electron chi connectivity index (χ1n) is 5.70. The van der Waals surface area contributed by atoms with Gasteiger partial charge in [0.2, 0.25) is 0 Å². The molecule has 1 saturated carbocycles. The van der Waals surface area contributed by atoms with Crippen LogP contribution in [0, 0.1) is 0 Å². The Kier molecular flexibility index (Phi) is 2.61. The topological polar surface area (TPSA) is 56.7 Å². The number of aromatic nitrogens is 3. The molecule has 0 unspecified atom stereocenters. The fourth-order valence-electron chi connectivity index (χ4n) is 1.80. The van der Waals surface area contributed by atoms with Gasteiger partial charge in [0.1, 0.15) is 5.82 Å². The van der Waals surface area contributed by atoms with Crippen LogP contribution in [0.4, 0.5) is 0 Å². The van der Waals surface area contributed by atoms with Gasteiger partial charge in [0, 0.05) is 10.9 Å². The third-order valence-corrected chi connectivity index (χ3v) is 3.14. The molecule has 1 aliphatic rings. The zero-order valence-electron chi connectivity index (χ0n) is 9.31. The van der Waals surface area contributed by atoms with Gasteiger partial charge < -0.3 is 5.73 Å². The average Bonchev–Trinajstić information content (AvgIpc) is 3.10. The molecule has 1 heterocycles. The molecule has 2 N–H and O–H groups in total. The van der Waals surface area contributed by atoms with Crippen LogP contribution in [0.15, 0.2) is 24.3 Å². The molecule has 1 aliphatic carbocycles. The maximum absolute atomic E-state index is 5.87. The van der Waals surface area contributed by atoms with Gasteiger partial charge >= 0.3 is 0 Å². The fourth-order valence-corrected chi connectivity index (χ4v) is 1.92. The maximum atomic E-state index is 5.87. The quantitative estimate of drug-likeness (QED) is 0.907. The van der Waals surface area contributed by atoms with Crippen LogP contribution in [0.3, 0.4) is 0 Å². The van der Waals surface area contributed by atoms with Crippen molar-refractivity contribution in [2.45, 2.75) is 25.3 Å².